The van der Waals surface area contributed by atoms with Crippen molar-refractivity contribution in [2.75, 3.05) is 12.3 Å². The first-order valence-electron chi connectivity index (χ1n) is 6.07. The Morgan fingerprint density at radius 2 is 2.35 bits per heavy atom. The Labute approximate surface area is 101 Å². The Balaban J connectivity index is 1.78. The molecule has 5 heteroatoms. The van der Waals surface area contributed by atoms with Crippen molar-refractivity contribution in [3.8, 4) is 0 Å². The molecule has 0 saturated heterocycles. The van der Waals surface area contributed by atoms with Gasteiger partial charge in [0.1, 0.15) is 12.4 Å². The fourth-order valence-electron chi connectivity index (χ4n) is 2.06. The van der Waals surface area contributed by atoms with E-state index >= 15 is 0 Å². The average Bonchev–Trinajstić information content (AvgIpc) is 2.96. The molecule has 0 unspecified atom stereocenters. The Morgan fingerprint density at radius 1 is 1.65 bits per heavy atom. The van der Waals surface area contributed by atoms with E-state index in [1.807, 2.05) is 0 Å². The zero-order chi connectivity index (χ0) is 12.5. The van der Waals surface area contributed by atoms with Gasteiger partial charge in [-0.1, -0.05) is 13.8 Å². The van der Waals surface area contributed by atoms with Gasteiger partial charge in [-0.15, -0.1) is 0 Å². The van der Waals surface area contributed by atoms with E-state index < -0.39 is 0 Å². The second kappa shape index (κ2) is 4.39. The highest BCUT2D eigenvalue weighted by Crippen LogP contribution is 2.51. The van der Waals surface area contributed by atoms with Crippen LogP contribution < -0.4 is 11.1 Å². The molecule has 17 heavy (non-hydrogen) atoms. The zero-order valence-electron chi connectivity index (χ0n) is 10.4. The number of nitrogen functional groups attached to an aromatic ring is 1. The first-order valence-corrected chi connectivity index (χ1v) is 6.07. The fraction of sp³-hybridized carbons (Fsp3) is 0.667. The molecule has 1 aliphatic rings. The number of nitrogens with zero attached hydrogens (tertiary/aromatic N) is 2. The van der Waals surface area contributed by atoms with Crippen LogP contribution in [0.25, 0.3) is 0 Å². The molecule has 1 fully saturated rings. The molecular formula is C12H20N4O. The minimum atomic E-state index is 0.0000231. The maximum absolute atomic E-state index is 11.7. The van der Waals surface area contributed by atoms with Gasteiger partial charge in [-0.3, -0.25) is 9.48 Å². The lowest BCUT2D eigenvalue weighted by molar-refractivity contribution is -0.122. The second-order valence-corrected chi connectivity index (χ2v) is 5.23. The predicted molar refractivity (Wildman–Crippen MR) is 66.2 cm³/mol. The largest absolute Gasteiger partial charge is 0.382 e. The Kier molecular flexibility index (Phi) is 3.09. The van der Waals surface area contributed by atoms with Gasteiger partial charge in [0, 0.05) is 12.7 Å². The minimum Gasteiger partial charge on any atom is -0.382 e. The van der Waals surface area contributed by atoms with Gasteiger partial charge in [0.05, 0.1) is 0 Å². The lowest BCUT2D eigenvalue weighted by Gasteiger charge is -2.19. The van der Waals surface area contributed by atoms with Gasteiger partial charge in [-0.2, -0.15) is 5.10 Å². The highest BCUT2D eigenvalue weighted by molar-refractivity contribution is 5.75. The topological polar surface area (TPSA) is 72.9 Å². The van der Waals surface area contributed by atoms with E-state index in [2.05, 4.69) is 24.3 Å². The van der Waals surface area contributed by atoms with Crippen LogP contribution in [0, 0.1) is 11.3 Å². The van der Waals surface area contributed by atoms with Crippen molar-refractivity contribution in [2.45, 2.75) is 33.2 Å². The summed E-state index contributed by atoms with van der Waals surface area (Å²) in [6.07, 6.45) is 4.16. The maximum Gasteiger partial charge on any atom is 0.241 e. The van der Waals surface area contributed by atoms with Crippen molar-refractivity contribution in [3.05, 3.63) is 12.3 Å². The van der Waals surface area contributed by atoms with Gasteiger partial charge in [-0.05, 0) is 30.2 Å². The quantitative estimate of drug-likeness (QED) is 0.801. The Bertz CT molecular complexity index is 406. The minimum absolute atomic E-state index is 0.0000231. The number of nitrogens with two attached hydrogens (primary N) is 1. The predicted octanol–water partition coefficient (Wildman–Crippen LogP) is 1.02. The summed E-state index contributed by atoms with van der Waals surface area (Å²) < 4.78 is 1.56. The summed E-state index contributed by atoms with van der Waals surface area (Å²) in [6, 6.07) is 1.68. The van der Waals surface area contributed by atoms with Crippen molar-refractivity contribution < 1.29 is 4.79 Å². The van der Waals surface area contributed by atoms with Crippen LogP contribution in [0.15, 0.2) is 12.3 Å². The highest BCUT2D eigenvalue weighted by atomic mass is 16.2. The van der Waals surface area contributed by atoms with Gasteiger partial charge >= 0.3 is 0 Å². The van der Waals surface area contributed by atoms with Crippen molar-refractivity contribution in [1.29, 1.82) is 0 Å². The zero-order valence-corrected chi connectivity index (χ0v) is 10.4. The van der Waals surface area contributed by atoms with E-state index in [1.165, 1.54) is 12.8 Å². The number of anilines is 1. The lowest BCUT2D eigenvalue weighted by atomic mass is 9.92. The number of hydrogen-bond donors (Lipinski definition) is 2. The molecule has 5 nitrogen and oxygen atoms in total. The first kappa shape index (κ1) is 12.0. The van der Waals surface area contributed by atoms with Crippen molar-refractivity contribution in [1.82, 2.24) is 15.1 Å². The molecule has 0 spiro atoms. The molecule has 0 radical (unpaired) electrons. The van der Waals surface area contributed by atoms with E-state index in [9.17, 15) is 4.79 Å². The smallest absolute Gasteiger partial charge is 0.241 e. The summed E-state index contributed by atoms with van der Waals surface area (Å²) in [6.45, 7) is 5.45. The molecule has 1 aromatic rings. The lowest BCUT2D eigenvalue weighted by Crippen LogP contribution is -2.34. The van der Waals surface area contributed by atoms with Gasteiger partial charge in [0.15, 0.2) is 0 Å². The average molecular weight is 236 g/mol. The Morgan fingerprint density at radius 3 is 2.82 bits per heavy atom. The van der Waals surface area contributed by atoms with E-state index in [0.29, 0.717) is 17.2 Å². The molecule has 1 amide bonds. The number of nitrogens with one attached hydrogen (secondary N) is 1. The summed E-state index contributed by atoms with van der Waals surface area (Å²) in [7, 11) is 0. The second-order valence-electron chi connectivity index (χ2n) is 5.23. The number of amides is 1. The van der Waals surface area contributed by atoms with Crippen LogP contribution in [0.4, 0.5) is 5.82 Å². The van der Waals surface area contributed by atoms with Gasteiger partial charge in [0.2, 0.25) is 5.91 Å². The van der Waals surface area contributed by atoms with E-state index in [0.717, 1.165) is 6.54 Å². The number of rotatable bonds is 5. The summed E-state index contributed by atoms with van der Waals surface area (Å²) in [5.74, 6) is 1.07. The maximum atomic E-state index is 11.7. The van der Waals surface area contributed by atoms with Crippen molar-refractivity contribution in [2.24, 2.45) is 11.3 Å². The third kappa shape index (κ3) is 2.78. The van der Waals surface area contributed by atoms with E-state index in [-0.39, 0.29) is 12.5 Å². The van der Waals surface area contributed by atoms with Crippen LogP contribution in [0.2, 0.25) is 0 Å². The fourth-order valence-corrected chi connectivity index (χ4v) is 2.06. The molecule has 0 atom stereocenters. The molecule has 1 heterocycles. The van der Waals surface area contributed by atoms with Crippen LogP contribution >= 0.6 is 0 Å². The third-order valence-corrected chi connectivity index (χ3v) is 3.72. The van der Waals surface area contributed by atoms with Crippen LogP contribution in [-0.4, -0.2) is 22.2 Å². The summed E-state index contributed by atoms with van der Waals surface area (Å²) >= 11 is 0. The van der Waals surface area contributed by atoms with Crippen LogP contribution in [0.1, 0.15) is 26.7 Å². The van der Waals surface area contributed by atoms with Crippen LogP contribution in [0.5, 0.6) is 0 Å². The third-order valence-electron chi connectivity index (χ3n) is 3.72. The molecule has 1 aromatic heterocycles. The van der Waals surface area contributed by atoms with Crippen LogP contribution in [0.3, 0.4) is 0 Å². The number of hydrogen-bond acceptors (Lipinski definition) is 3. The molecule has 0 bridgehead atoms. The van der Waals surface area contributed by atoms with Gasteiger partial charge in [-0.25, -0.2) is 0 Å². The molecule has 94 valence electrons. The SMILES string of the molecule is CC(C)C1(CNC(=O)Cn2ccc(N)n2)CC1. The monoisotopic (exact) mass is 236 g/mol. The molecule has 3 N–H and O–H groups in total. The van der Waals surface area contributed by atoms with Crippen molar-refractivity contribution in [3.63, 3.8) is 0 Å². The van der Waals surface area contributed by atoms with Crippen molar-refractivity contribution >= 4 is 11.7 Å². The van der Waals surface area contributed by atoms with Gasteiger partial charge in [0.25, 0.3) is 0 Å². The summed E-state index contributed by atoms with van der Waals surface area (Å²) in [4.78, 5) is 11.7. The molecule has 0 aromatic carbocycles. The molecule has 1 saturated carbocycles. The molecule has 0 aliphatic heterocycles. The van der Waals surface area contributed by atoms with E-state index in [4.69, 9.17) is 5.73 Å². The van der Waals surface area contributed by atoms with Gasteiger partial charge < -0.3 is 11.1 Å². The summed E-state index contributed by atoms with van der Waals surface area (Å²) in [5, 5.41) is 6.96. The van der Waals surface area contributed by atoms with E-state index in [1.54, 1.807) is 16.9 Å². The number of aromatic nitrogens is 2. The highest BCUT2D eigenvalue weighted by Gasteiger charge is 2.45. The Hall–Kier alpha value is -1.52. The normalized spacial score (nSPS) is 17.1. The summed E-state index contributed by atoms with van der Waals surface area (Å²) in [5.41, 5.74) is 5.83. The molecule has 1 aliphatic carbocycles. The standard InChI is InChI=1S/C12H20N4O/c1-9(2)12(4-5-12)8-14-11(17)7-16-6-3-10(13)15-16/h3,6,9H,4-5,7-8H2,1-2H3,(H2,13,15)(H,14,17). The number of carbonyl (C=O) groups is 1. The van der Waals surface area contributed by atoms with Crippen LogP contribution in [-0.2, 0) is 11.3 Å². The number of carbonyl (C=O) groups excluding carboxylic acids is 1. The molecular weight excluding hydrogens is 216 g/mol. The molecule has 2 rings (SSSR count). The first-order chi connectivity index (χ1) is 8.02.